The standard InChI is InChI=1S/C17H20N2O9/c1-5-8(15(21)26-2)11-12(17(23)28-4)9-6-7-10(16(22)27-3)18(9)14(20)13(11)19(24)25/h8,10H,5-7H2,1-4H3. The van der Waals surface area contributed by atoms with E-state index in [0.717, 1.165) is 25.9 Å². The number of hydrogen-bond donors (Lipinski definition) is 0. The fraction of sp³-hybridized carbons (Fsp3) is 0.529. The third-order valence-electron chi connectivity index (χ3n) is 4.78. The first kappa shape index (κ1) is 21.1. The molecule has 2 unspecified atom stereocenters. The summed E-state index contributed by atoms with van der Waals surface area (Å²) in [6.45, 7) is 1.56. The summed E-state index contributed by atoms with van der Waals surface area (Å²) in [4.78, 5) is 60.6. The number of pyridine rings is 1. The SMILES string of the molecule is CCC(C(=O)OC)c1c(C(=O)OC)c2n(c(=O)c1[N+](=O)[O-])C(C(=O)OC)CC2. The van der Waals surface area contributed by atoms with Crippen molar-refractivity contribution in [3.8, 4) is 0 Å². The van der Waals surface area contributed by atoms with Crippen LogP contribution >= 0.6 is 0 Å². The van der Waals surface area contributed by atoms with Gasteiger partial charge in [-0.1, -0.05) is 6.92 Å². The van der Waals surface area contributed by atoms with Gasteiger partial charge in [-0.2, -0.15) is 0 Å². The topological polar surface area (TPSA) is 144 Å². The molecule has 2 rings (SSSR count). The van der Waals surface area contributed by atoms with Crippen LogP contribution in [-0.4, -0.2) is 48.7 Å². The summed E-state index contributed by atoms with van der Waals surface area (Å²) in [5, 5.41) is 11.8. The monoisotopic (exact) mass is 396 g/mol. The number of esters is 3. The van der Waals surface area contributed by atoms with Gasteiger partial charge < -0.3 is 14.2 Å². The van der Waals surface area contributed by atoms with Crippen LogP contribution in [-0.2, 0) is 30.2 Å². The highest BCUT2D eigenvalue weighted by Crippen LogP contribution is 2.37. The molecule has 0 saturated carbocycles. The van der Waals surface area contributed by atoms with Crippen LogP contribution in [0.4, 0.5) is 5.69 Å². The van der Waals surface area contributed by atoms with Crippen LogP contribution in [0.3, 0.4) is 0 Å². The number of carbonyl (C=O) groups excluding carboxylic acids is 3. The van der Waals surface area contributed by atoms with Gasteiger partial charge in [0.1, 0.15) is 6.04 Å². The average molecular weight is 396 g/mol. The molecule has 1 aromatic rings. The minimum absolute atomic E-state index is 0.0425. The summed E-state index contributed by atoms with van der Waals surface area (Å²) in [5.74, 6) is -3.77. The quantitative estimate of drug-likeness (QED) is 0.296. The Labute approximate surface area is 159 Å². The highest BCUT2D eigenvalue weighted by Gasteiger charge is 2.43. The maximum atomic E-state index is 13.0. The number of nitro groups is 1. The summed E-state index contributed by atoms with van der Waals surface area (Å²) < 4.78 is 15.0. The maximum absolute atomic E-state index is 13.0. The van der Waals surface area contributed by atoms with E-state index in [1.807, 2.05) is 0 Å². The van der Waals surface area contributed by atoms with E-state index in [-0.39, 0.29) is 36.1 Å². The van der Waals surface area contributed by atoms with Gasteiger partial charge in [0.05, 0.1) is 43.3 Å². The van der Waals surface area contributed by atoms with Crippen LogP contribution < -0.4 is 5.56 Å². The van der Waals surface area contributed by atoms with E-state index in [1.54, 1.807) is 6.92 Å². The molecule has 0 aliphatic carbocycles. The molecule has 2 heterocycles. The molecular formula is C17H20N2O9. The molecule has 0 fully saturated rings. The molecule has 28 heavy (non-hydrogen) atoms. The largest absolute Gasteiger partial charge is 0.469 e. The number of methoxy groups -OCH3 is 3. The Kier molecular flexibility index (Phi) is 6.16. The van der Waals surface area contributed by atoms with E-state index in [9.17, 15) is 29.3 Å². The molecule has 0 N–H and O–H groups in total. The van der Waals surface area contributed by atoms with Gasteiger partial charge in [-0.25, -0.2) is 9.59 Å². The van der Waals surface area contributed by atoms with Gasteiger partial charge in [-0.05, 0) is 19.3 Å². The van der Waals surface area contributed by atoms with Crippen LogP contribution in [0.1, 0.15) is 53.3 Å². The summed E-state index contributed by atoms with van der Waals surface area (Å²) in [5.41, 5.74) is -2.57. The van der Waals surface area contributed by atoms with Gasteiger partial charge in [0.2, 0.25) is 0 Å². The highest BCUT2D eigenvalue weighted by atomic mass is 16.6. The van der Waals surface area contributed by atoms with Crippen LogP contribution in [0.15, 0.2) is 4.79 Å². The molecule has 0 amide bonds. The van der Waals surface area contributed by atoms with Gasteiger partial charge in [0.15, 0.2) is 0 Å². The molecule has 0 radical (unpaired) electrons. The van der Waals surface area contributed by atoms with Crippen LogP contribution in [0.5, 0.6) is 0 Å². The fourth-order valence-electron chi connectivity index (χ4n) is 3.56. The molecule has 11 heteroatoms. The Morgan fingerprint density at radius 2 is 1.86 bits per heavy atom. The molecule has 2 atom stereocenters. The van der Waals surface area contributed by atoms with E-state index in [0.29, 0.717) is 0 Å². The third kappa shape index (κ3) is 3.23. The maximum Gasteiger partial charge on any atom is 0.340 e. The van der Waals surface area contributed by atoms with E-state index >= 15 is 0 Å². The van der Waals surface area contributed by atoms with E-state index in [2.05, 4.69) is 4.74 Å². The second-order valence-corrected chi connectivity index (χ2v) is 6.07. The Hall–Kier alpha value is -3.24. The van der Waals surface area contributed by atoms with Crippen molar-refractivity contribution in [1.29, 1.82) is 0 Å². The molecule has 152 valence electrons. The number of hydrogen-bond acceptors (Lipinski definition) is 9. The van der Waals surface area contributed by atoms with Gasteiger partial charge in [0, 0.05) is 5.69 Å². The molecular weight excluding hydrogens is 376 g/mol. The molecule has 1 aromatic heterocycles. The van der Waals surface area contributed by atoms with Gasteiger partial charge in [-0.15, -0.1) is 0 Å². The molecule has 1 aliphatic heterocycles. The van der Waals surface area contributed by atoms with Crippen molar-refractivity contribution in [3.05, 3.63) is 37.3 Å². The lowest BCUT2D eigenvalue weighted by molar-refractivity contribution is -0.387. The Morgan fingerprint density at radius 1 is 1.21 bits per heavy atom. The highest BCUT2D eigenvalue weighted by molar-refractivity contribution is 5.96. The van der Waals surface area contributed by atoms with Crippen LogP contribution in [0.2, 0.25) is 0 Å². The van der Waals surface area contributed by atoms with E-state index in [4.69, 9.17) is 9.47 Å². The molecule has 0 bridgehead atoms. The van der Waals surface area contributed by atoms with Crippen molar-refractivity contribution in [2.75, 3.05) is 21.3 Å². The average Bonchev–Trinajstić information content (AvgIpc) is 3.12. The van der Waals surface area contributed by atoms with Crippen LogP contribution in [0.25, 0.3) is 0 Å². The molecule has 0 spiro atoms. The summed E-state index contributed by atoms with van der Waals surface area (Å²) in [7, 11) is 3.30. The zero-order valence-electron chi connectivity index (χ0n) is 15.8. The van der Waals surface area contributed by atoms with Crippen molar-refractivity contribution < 1.29 is 33.5 Å². The van der Waals surface area contributed by atoms with Gasteiger partial charge in [0.25, 0.3) is 0 Å². The normalized spacial score (nSPS) is 16.1. The lowest BCUT2D eigenvalue weighted by atomic mass is 9.89. The predicted molar refractivity (Wildman–Crippen MR) is 93.1 cm³/mol. The van der Waals surface area contributed by atoms with Crippen molar-refractivity contribution >= 4 is 23.6 Å². The Balaban J connectivity index is 3.01. The first-order chi connectivity index (χ1) is 13.2. The number of aromatic nitrogens is 1. The van der Waals surface area contributed by atoms with Crippen LogP contribution in [0, 0.1) is 10.1 Å². The first-order valence-corrected chi connectivity index (χ1v) is 8.44. The third-order valence-corrected chi connectivity index (χ3v) is 4.78. The summed E-state index contributed by atoms with van der Waals surface area (Å²) in [6.07, 6.45) is 0.254. The van der Waals surface area contributed by atoms with Gasteiger partial charge >= 0.3 is 29.2 Å². The van der Waals surface area contributed by atoms with E-state index < -0.39 is 46.0 Å². The number of carbonyl (C=O) groups is 3. The number of rotatable bonds is 6. The zero-order valence-corrected chi connectivity index (χ0v) is 15.8. The number of fused-ring (bicyclic) bond motifs is 1. The van der Waals surface area contributed by atoms with Crippen molar-refractivity contribution in [2.45, 2.75) is 38.1 Å². The molecule has 0 saturated heterocycles. The fourth-order valence-corrected chi connectivity index (χ4v) is 3.56. The number of nitrogens with zero attached hydrogens (tertiary/aromatic N) is 2. The second kappa shape index (κ2) is 8.19. The summed E-state index contributed by atoms with van der Waals surface area (Å²) >= 11 is 0. The molecule has 11 nitrogen and oxygen atoms in total. The first-order valence-electron chi connectivity index (χ1n) is 8.44. The predicted octanol–water partition coefficient (Wildman–Crippen LogP) is 0.870. The Morgan fingerprint density at radius 3 is 2.32 bits per heavy atom. The zero-order chi connectivity index (χ0) is 21.2. The smallest absolute Gasteiger partial charge is 0.340 e. The lowest BCUT2D eigenvalue weighted by Gasteiger charge is -2.20. The van der Waals surface area contributed by atoms with Crippen molar-refractivity contribution in [1.82, 2.24) is 4.57 Å². The van der Waals surface area contributed by atoms with Crippen molar-refractivity contribution in [2.24, 2.45) is 0 Å². The number of ether oxygens (including phenoxy) is 3. The minimum Gasteiger partial charge on any atom is -0.469 e. The lowest BCUT2D eigenvalue weighted by Crippen LogP contribution is -2.34. The van der Waals surface area contributed by atoms with E-state index in [1.165, 1.54) is 0 Å². The summed E-state index contributed by atoms with van der Waals surface area (Å²) in [6, 6.07) is -1.11. The minimum atomic E-state index is -1.23. The van der Waals surface area contributed by atoms with Gasteiger partial charge in [-0.3, -0.25) is 24.3 Å². The van der Waals surface area contributed by atoms with Crippen molar-refractivity contribution in [3.63, 3.8) is 0 Å². The molecule has 0 aromatic carbocycles. The molecule has 1 aliphatic rings. The Bertz CT molecular complexity index is 903. The second-order valence-electron chi connectivity index (χ2n) is 6.07.